The van der Waals surface area contributed by atoms with Crippen LogP contribution in [0.2, 0.25) is 0 Å². The summed E-state index contributed by atoms with van der Waals surface area (Å²) in [5.41, 5.74) is -1.23. The summed E-state index contributed by atoms with van der Waals surface area (Å²) in [5, 5.41) is 3.70. The molecule has 2 aromatic rings. The molecular formula is C19H16F6N4O3S. The van der Waals surface area contributed by atoms with Crippen molar-refractivity contribution >= 4 is 15.9 Å². The number of pyridine rings is 1. The van der Waals surface area contributed by atoms with Crippen molar-refractivity contribution in [1.29, 1.82) is 0 Å². The predicted molar refractivity (Wildman–Crippen MR) is 104 cm³/mol. The highest BCUT2D eigenvalue weighted by atomic mass is 32.2. The van der Waals surface area contributed by atoms with Crippen LogP contribution in [0, 0.1) is 23.3 Å². The SMILES string of the molecule is CS(=O)(=O)N[C@@H]1CN(C2=NOC(c3c(F)cc(F)cc3-c3ncc(F)cc3F)C2)CC1(F)F. The number of alkyl halides is 2. The first-order valence-corrected chi connectivity index (χ1v) is 11.4. The number of rotatable bonds is 4. The molecule has 4 rings (SSSR count). The van der Waals surface area contributed by atoms with Crippen LogP contribution in [0.25, 0.3) is 11.3 Å². The first-order valence-electron chi connectivity index (χ1n) is 9.47. The van der Waals surface area contributed by atoms with E-state index in [1.807, 2.05) is 4.72 Å². The van der Waals surface area contributed by atoms with E-state index in [1.165, 1.54) is 0 Å². The van der Waals surface area contributed by atoms with E-state index in [2.05, 4.69) is 10.1 Å². The molecule has 0 bridgehead atoms. The number of nitrogens with zero attached hydrogens (tertiary/aromatic N) is 3. The number of amidine groups is 1. The van der Waals surface area contributed by atoms with Crippen molar-refractivity contribution in [2.45, 2.75) is 24.5 Å². The van der Waals surface area contributed by atoms with Gasteiger partial charge in [0.25, 0.3) is 5.92 Å². The van der Waals surface area contributed by atoms with Crippen LogP contribution in [-0.2, 0) is 14.9 Å². The van der Waals surface area contributed by atoms with Crippen molar-refractivity contribution < 1.29 is 39.6 Å². The van der Waals surface area contributed by atoms with Crippen LogP contribution in [-0.4, -0.2) is 55.4 Å². The Morgan fingerprint density at radius 1 is 1.12 bits per heavy atom. The van der Waals surface area contributed by atoms with E-state index in [1.54, 1.807) is 0 Å². The van der Waals surface area contributed by atoms with Crippen LogP contribution in [0.5, 0.6) is 0 Å². The summed E-state index contributed by atoms with van der Waals surface area (Å²) in [4.78, 5) is 9.85. The van der Waals surface area contributed by atoms with Crippen LogP contribution < -0.4 is 4.72 Å². The lowest BCUT2D eigenvalue weighted by atomic mass is 9.96. The van der Waals surface area contributed by atoms with Crippen molar-refractivity contribution in [3.8, 4) is 11.3 Å². The summed E-state index contributed by atoms with van der Waals surface area (Å²) in [6, 6.07) is 0.0922. The summed E-state index contributed by atoms with van der Waals surface area (Å²) in [6.07, 6.45) is -0.0826. The van der Waals surface area contributed by atoms with E-state index in [9.17, 15) is 34.8 Å². The molecule has 0 spiro atoms. The Balaban J connectivity index is 1.61. The molecule has 1 aromatic carbocycles. The van der Waals surface area contributed by atoms with E-state index in [0.29, 0.717) is 18.3 Å². The van der Waals surface area contributed by atoms with Crippen LogP contribution >= 0.6 is 0 Å². The Morgan fingerprint density at radius 2 is 1.82 bits per heavy atom. The summed E-state index contributed by atoms with van der Waals surface area (Å²) in [6.45, 7) is -1.30. The normalized spacial score (nSPS) is 22.4. The van der Waals surface area contributed by atoms with Crippen molar-refractivity contribution in [2.75, 3.05) is 19.3 Å². The van der Waals surface area contributed by atoms with Crippen molar-refractivity contribution in [3.63, 3.8) is 0 Å². The van der Waals surface area contributed by atoms with Gasteiger partial charge in [-0.1, -0.05) is 5.16 Å². The summed E-state index contributed by atoms with van der Waals surface area (Å²) in [7, 11) is -3.91. The first kappa shape index (κ1) is 23.3. The Hall–Kier alpha value is -2.87. The third-order valence-electron chi connectivity index (χ3n) is 5.17. The minimum Gasteiger partial charge on any atom is -0.386 e. The topological polar surface area (TPSA) is 83.9 Å². The molecule has 1 saturated heterocycles. The number of sulfonamides is 1. The maximum Gasteiger partial charge on any atom is 0.282 e. The van der Waals surface area contributed by atoms with E-state index in [-0.39, 0.29) is 23.4 Å². The van der Waals surface area contributed by atoms with Gasteiger partial charge in [0.2, 0.25) is 10.0 Å². The quantitative estimate of drug-likeness (QED) is 0.661. The lowest BCUT2D eigenvalue weighted by molar-refractivity contribution is -0.00123. The molecular weight excluding hydrogens is 478 g/mol. The van der Waals surface area contributed by atoms with Gasteiger partial charge in [0, 0.05) is 29.8 Å². The zero-order valence-corrected chi connectivity index (χ0v) is 17.6. The van der Waals surface area contributed by atoms with E-state index in [4.69, 9.17) is 4.84 Å². The number of nitrogens with one attached hydrogen (secondary N) is 1. The monoisotopic (exact) mass is 494 g/mol. The van der Waals surface area contributed by atoms with Gasteiger partial charge >= 0.3 is 0 Å². The fraction of sp³-hybridized carbons (Fsp3) is 0.368. The Morgan fingerprint density at radius 3 is 2.48 bits per heavy atom. The largest absolute Gasteiger partial charge is 0.386 e. The Labute approximate surface area is 184 Å². The fourth-order valence-electron chi connectivity index (χ4n) is 3.79. The summed E-state index contributed by atoms with van der Waals surface area (Å²) in [5.74, 6) is -7.79. The number of hydrogen-bond donors (Lipinski definition) is 1. The minimum atomic E-state index is -3.91. The lowest BCUT2D eigenvalue weighted by Gasteiger charge is -2.18. The van der Waals surface area contributed by atoms with Crippen LogP contribution in [0.4, 0.5) is 26.3 Å². The molecule has 0 radical (unpaired) electrons. The molecule has 33 heavy (non-hydrogen) atoms. The molecule has 2 aliphatic rings. The molecule has 0 saturated carbocycles. The summed E-state index contributed by atoms with van der Waals surface area (Å²) < 4.78 is 109. The molecule has 178 valence electrons. The molecule has 14 heteroatoms. The molecule has 2 aliphatic heterocycles. The molecule has 7 nitrogen and oxygen atoms in total. The van der Waals surface area contributed by atoms with Gasteiger partial charge in [-0.25, -0.2) is 39.5 Å². The third kappa shape index (κ3) is 4.76. The van der Waals surface area contributed by atoms with Crippen LogP contribution in [0.1, 0.15) is 18.1 Å². The number of likely N-dealkylation sites (tertiary alicyclic amines) is 1. The van der Waals surface area contributed by atoms with Gasteiger partial charge in [-0.05, 0) is 6.07 Å². The first-order chi connectivity index (χ1) is 15.3. The lowest BCUT2D eigenvalue weighted by Crippen LogP contribution is -2.46. The molecule has 1 N–H and O–H groups in total. The molecule has 0 amide bonds. The second kappa shape index (κ2) is 8.17. The van der Waals surface area contributed by atoms with E-state index < -0.39 is 70.1 Å². The predicted octanol–water partition coefficient (Wildman–Crippen LogP) is 2.95. The number of halogens is 6. The van der Waals surface area contributed by atoms with Gasteiger partial charge in [0.1, 0.15) is 35.0 Å². The van der Waals surface area contributed by atoms with Gasteiger partial charge < -0.3 is 9.74 Å². The number of aromatic nitrogens is 1. The molecule has 1 aromatic heterocycles. The fourth-order valence-corrected chi connectivity index (χ4v) is 4.55. The van der Waals surface area contributed by atoms with Gasteiger partial charge in [-0.3, -0.25) is 4.98 Å². The zero-order valence-electron chi connectivity index (χ0n) is 16.8. The second-order valence-electron chi connectivity index (χ2n) is 7.72. The molecule has 3 heterocycles. The average molecular weight is 494 g/mol. The van der Waals surface area contributed by atoms with Gasteiger partial charge in [0.05, 0.1) is 25.4 Å². The third-order valence-corrected chi connectivity index (χ3v) is 5.88. The standard InChI is InChI=1S/C19H16F6N4O3S/c1-33(30,31)28-15-7-29(8-19(15,24)25)16-5-14(32-27-16)17-11(2-9(20)3-12(17)22)18-13(23)4-10(21)6-26-18/h2-4,6,14-15,28H,5,7-8H2,1H3/t14?,15-/m1/s1. The number of oxime groups is 1. The molecule has 2 atom stereocenters. The smallest absolute Gasteiger partial charge is 0.282 e. The van der Waals surface area contributed by atoms with Crippen LogP contribution in [0.15, 0.2) is 29.6 Å². The highest BCUT2D eigenvalue weighted by Crippen LogP contribution is 2.39. The van der Waals surface area contributed by atoms with Crippen molar-refractivity contribution in [3.05, 3.63) is 53.2 Å². The number of hydrogen-bond acceptors (Lipinski definition) is 6. The molecule has 0 aliphatic carbocycles. The maximum absolute atomic E-state index is 14.7. The minimum absolute atomic E-state index is 0.0281. The Bertz CT molecular complexity index is 1240. The van der Waals surface area contributed by atoms with E-state index >= 15 is 0 Å². The van der Waals surface area contributed by atoms with Crippen molar-refractivity contribution in [1.82, 2.24) is 14.6 Å². The highest BCUT2D eigenvalue weighted by Gasteiger charge is 2.51. The van der Waals surface area contributed by atoms with Gasteiger partial charge in [0.15, 0.2) is 11.9 Å². The zero-order chi connectivity index (χ0) is 24.1. The number of benzene rings is 1. The van der Waals surface area contributed by atoms with Crippen molar-refractivity contribution in [2.24, 2.45) is 5.16 Å². The molecule has 1 fully saturated rings. The van der Waals surface area contributed by atoms with E-state index in [0.717, 1.165) is 17.2 Å². The van der Waals surface area contributed by atoms with Crippen LogP contribution in [0.3, 0.4) is 0 Å². The Kier molecular flexibility index (Phi) is 5.76. The molecule has 1 unspecified atom stereocenters. The average Bonchev–Trinajstić information content (AvgIpc) is 3.25. The highest BCUT2D eigenvalue weighted by molar-refractivity contribution is 7.88. The van der Waals surface area contributed by atoms with Gasteiger partial charge in [-0.2, -0.15) is 0 Å². The van der Waals surface area contributed by atoms with Gasteiger partial charge in [-0.15, -0.1) is 0 Å². The second-order valence-corrected chi connectivity index (χ2v) is 9.50. The maximum atomic E-state index is 14.7. The summed E-state index contributed by atoms with van der Waals surface area (Å²) >= 11 is 0.